The summed E-state index contributed by atoms with van der Waals surface area (Å²) in [4.78, 5) is 35.0. The number of rotatable bonds is 8. The first kappa shape index (κ1) is 23.9. The third-order valence-corrected chi connectivity index (χ3v) is 4.37. The van der Waals surface area contributed by atoms with Gasteiger partial charge in [-0.3, -0.25) is 4.79 Å². The molecule has 31 heavy (non-hydrogen) atoms. The van der Waals surface area contributed by atoms with E-state index in [0.29, 0.717) is 42.9 Å². The van der Waals surface area contributed by atoms with Crippen LogP contribution in [0.3, 0.4) is 0 Å². The van der Waals surface area contributed by atoms with E-state index in [1.165, 1.54) is 7.11 Å². The SMILES string of the molecule is CCN(CCCNc1nc2ccccc2nc1[C@H](C#N)C(=O)OC)C(=O)OC(C)(C)C. The van der Waals surface area contributed by atoms with Crippen LogP contribution in [0.2, 0.25) is 0 Å². The Bertz CT molecular complexity index is 965. The van der Waals surface area contributed by atoms with Gasteiger partial charge in [0.25, 0.3) is 0 Å². The smallest absolute Gasteiger partial charge is 0.410 e. The van der Waals surface area contributed by atoms with Gasteiger partial charge in [-0.1, -0.05) is 12.1 Å². The van der Waals surface area contributed by atoms with Crippen LogP contribution in [0.25, 0.3) is 11.0 Å². The van der Waals surface area contributed by atoms with E-state index in [1.54, 1.807) is 17.0 Å². The van der Waals surface area contributed by atoms with Crippen LogP contribution < -0.4 is 5.32 Å². The van der Waals surface area contributed by atoms with Crippen LogP contribution in [0.1, 0.15) is 45.7 Å². The quantitative estimate of drug-likeness (QED) is 0.503. The lowest BCUT2D eigenvalue weighted by Gasteiger charge is -2.26. The molecule has 0 aliphatic rings. The number of carbonyl (C=O) groups is 2. The van der Waals surface area contributed by atoms with Crippen LogP contribution in [0.5, 0.6) is 0 Å². The van der Waals surface area contributed by atoms with Crippen molar-refractivity contribution in [3.8, 4) is 6.07 Å². The molecule has 0 radical (unpaired) electrons. The number of hydrogen-bond donors (Lipinski definition) is 1. The summed E-state index contributed by atoms with van der Waals surface area (Å²) in [5.41, 5.74) is 0.875. The lowest BCUT2D eigenvalue weighted by molar-refractivity contribution is -0.141. The Morgan fingerprint density at radius 1 is 1.23 bits per heavy atom. The molecule has 1 heterocycles. The first-order chi connectivity index (χ1) is 14.7. The van der Waals surface area contributed by atoms with Crippen molar-refractivity contribution >= 4 is 28.9 Å². The average molecular weight is 428 g/mol. The van der Waals surface area contributed by atoms with Gasteiger partial charge in [0, 0.05) is 19.6 Å². The molecule has 2 rings (SSSR count). The van der Waals surface area contributed by atoms with E-state index in [0.717, 1.165) is 0 Å². The topological polar surface area (TPSA) is 117 Å². The Morgan fingerprint density at radius 3 is 2.42 bits per heavy atom. The van der Waals surface area contributed by atoms with Crippen LogP contribution in [0, 0.1) is 11.3 Å². The van der Waals surface area contributed by atoms with Crippen LogP contribution in [0.15, 0.2) is 24.3 Å². The molecule has 9 nitrogen and oxygen atoms in total. The summed E-state index contributed by atoms with van der Waals surface area (Å²) in [5, 5.41) is 12.7. The largest absolute Gasteiger partial charge is 0.468 e. The molecule has 1 aromatic carbocycles. The van der Waals surface area contributed by atoms with E-state index in [-0.39, 0.29) is 11.8 Å². The molecule has 0 unspecified atom stereocenters. The molecule has 0 saturated heterocycles. The highest BCUT2D eigenvalue weighted by molar-refractivity contribution is 5.84. The van der Waals surface area contributed by atoms with E-state index in [2.05, 4.69) is 15.3 Å². The fourth-order valence-corrected chi connectivity index (χ4v) is 2.87. The van der Waals surface area contributed by atoms with Crippen LogP contribution >= 0.6 is 0 Å². The van der Waals surface area contributed by atoms with Crippen LogP contribution in [-0.2, 0) is 14.3 Å². The second kappa shape index (κ2) is 10.6. The van der Waals surface area contributed by atoms with Gasteiger partial charge in [0.05, 0.1) is 24.2 Å². The summed E-state index contributed by atoms with van der Waals surface area (Å²) < 4.78 is 10.2. The number of anilines is 1. The van der Waals surface area contributed by atoms with E-state index in [9.17, 15) is 14.9 Å². The van der Waals surface area contributed by atoms with Gasteiger partial charge in [-0.15, -0.1) is 0 Å². The van der Waals surface area contributed by atoms with Gasteiger partial charge in [-0.25, -0.2) is 14.8 Å². The number of nitriles is 1. The summed E-state index contributed by atoms with van der Waals surface area (Å²) in [6.07, 6.45) is 0.243. The van der Waals surface area contributed by atoms with Crippen molar-refractivity contribution in [1.29, 1.82) is 5.26 Å². The van der Waals surface area contributed by atoms with Gasteiger partial charge in [0.2, 0.25) is 0 Å². The van der Waals surface area contributed by atoms with Gasteiger partial charge >= 0.3 is 12.1 Å². The first-order valence-corrected chi connectivity index (χ1v) is 10.2. The molecule has 166 valence electrons. The molecular weight excluding hydrogens is 398 g/mol. The predicted molar refractivity (Wildman–Crippen MR) is 116 cm³/mol. The zero-order valence-corrected chi connectivity index (χ0v) is 18.6. The number of benzene rings is 1. The number of hydrogen-bond acceptors (Lipinski definition) is 8. The molecule has 0 bridgehead atoms. The Hall–Kier alpha value is -3.41. The Morgan fingerprint density at radius 2 is 1.87 bits per heavy atom. The number of amides is 1. The molecule has 1 aromatic heterocycles. The summed E-state index contributed by atoms with van der Waals surface area (Å²) in [5.74, 6) is -1.55. The van der Waals surface area contributed by atoms with E-state index in [4.69, 9.17) is 9.47 Å². The van der Waals surface area contributed by atoms with Gasteiger partial charge in [-0.2, -0.15) is 5.26 Å². The fraction of sp³-hybridized carbons (Fsp3) is 0.500. The van der Waals surface area contributed by atoms with E-state index in [1.807, 2.05) is 45.9 Å². The molecule has 1 N–H and O–H groups in total. The standard InChI is InChI=1S/C22H29N5O4/c1-6-27(21(29)31-22(2,3)4)13-9-12-24-19-18(15(14-23)20(28)30-5)25-16-10-7-8-11-17(16)26-19/h7-8,10-11,15H,6,9,12-13H2,1-5H3,(H,24,26)/t15-/m0/s1. The van der Waals surface area contributed by atoms with Gasteiger partial charge in [0.1, 0.15) is 11.3 Å². The van der Waals surface area contributed by atoms with Crippen molar-refractivity contribution in [3.63, 3.8) is 0 Å². The summed E-state index contributed by atoms with van der Waals surface area (Å²) in [6, 6.07) is 9.16. The maximum Gasteiger partial charge on any atom is 0.410 e. The minimum atomic E-state index is -1.20. The number of para-hydroxylation sites is 2. The third kappa shape index (κ3) is 6.54. The molecule has 1 amide bonds. The molecule has 0 spiro atoms. The van der Waals surface area contributed by atoms with Crippen molar-refractivity contribution in [1.82, 2.24) is 14.9 Å². The lowest BCUT2D eigenvalue weighted by Crippen LogP contribution is -2.37. The van der Waals surface area contributed by atoms with Crippen molar-refractivity contribution < 1.29 is 19.1 Å². The van der Waals surface area contributed by atoms with E-state index < -0.39 is 17.5 Å². The molecule has 0 aliphatic heterocycles. The summed E-state index contributed by atoms with van der Waals surface area (Å²) in [6.45, 7) is 8.83. The number of carbonyl (C=O) groups excluding carboxylic acids is 2. The monoisotopic (exact) mass is 427 g/mol. The van der Waals surface area contributed by atoms with Crippen molar-refractivity contribution in [2.75, 3.05) is 32.1 Å². The molecule has 9 heteroatoms. The summed E-state index contributed by atoms with van der Waals surface area (Å²) >= 11 is 0. The Labute approximate surface area is 182 Å². The minimum Gasteiger partial charge on any atom is -0.468 e. The summed E-state index contributed by atoms with van der Waals surface area (Å²) in [7, 11) is 1.23. The van der Waals surface area contributed by atoms with Crippen LogP contribution in [0.4, 0.5) is 10.6 Å². The highest BCUT2D eigenvalue weighted by Crippen LogP contribution is 2.25. The second-order valence-corrected chi connectivity index (χ2v) is 7.87. The van der Waals surface area contributed by atoms with Crippen molar-refractivity contribution in [2.24, 2.45) is 0 Å². The van der Waals surface area contributed by atoms with Crippen LogP contribution in [-0.4, -0.2) is 59.3 Å². The number of esters is 1. The molecule has 0 saturated carbocycles. The molecule has 2 aromatic rings. The lowest BCUT2D eigenvalue weighted by atomic mass is 10.1. The Balaban J connectivity index is 2.15. The maximum absolute atomic E-state index is 12.3. The average Bonchev–Trinajstić information content (AvgIpc) is 2.72. The third-order valence-electron chi connectivity index (χ3n) is 4.37. The predicted octanol–water partition coefficient (Wildman–Crippen LogP) is 3.47. The van der Waals surface area contributed by atoms with Crippen molar-refractivity contribution in [3.05, 3.63) is 30.0 Å². The number of aromatic nitrogens is 2. The van der Waals surface area contributed by atoms with Gasteiger partial charge in [-0.05, 0) is 46.2 Å². The Kier molecular flexibility index (Phi) is 8.14. The highest BCUT2D eigenvalue weighted by atomic mass is 16.6. The highest BCUT2D eigenvalue weighted by Gasteiger charge is 2.27. The first-order valence-electron chi connectivity index (χ1n) is 10.2. The van der Waals surface area contributed by atoms with Gasteiger partial charge < -0.3 is 19.7 Å². The molecule has 1 atom stereocenters. The van der Waals surface area contributed by atoms with Crippen molar-refractivity contribution in [2.45, 2.75) is 45.6 Å². The molecule has 0 fully saturated rings. The molecule has 0 aliphatic carbocycles. The maximum atomic E-state index is 12.3. The number of ether oxygens (including phenoxy) is 2. The van der Waals surface area contributed by atoms with Gasteiger partial charge in [0.15, 0.2) is 11.7 Å². The minimum absolute atomic E-state index is 0.215. The van der Waals surface area contributed by atoms with E-state index >= 15 is 0 Å². The number of nitrogens with zero attached hydrogens (tertiary/aromatic N) is 4. The number of nitrogens with one attached hydrogen (secondary N) is 1. The second-order valence-electron chi connectivity index (χ2n) is 7.87. The zero-order valence-electron chi connectivity index (χ0n) is 18.6. The zero-order chi connectivity index (χ0) is 23.0. The number of methoxy groups -OCH3 is 1. The number of fused-ring (bicyclic) bond motifs is 1. The fourth-order valence-electron chi connectivity index (χ4n) is 2.87. The molecular formula is C22H29N5O4. The normalized spacial score (nSPS) is 12.0.